The number of nitro groups is 1. The lowest BCUT2D eigenvalue weighted by Gasteiger charge is -2.06. The van der Waals surface area contributed by atoms with Crippen LogP contribution in [0.5, 0.6) is 0 Å². The predicted octanol–water partition coefficient (Wildman–Crippen LogP) is 2.72. The third-order valence-corrected chi connectivity index (χ3v) is 3.68. The number of furan rings is 1. The maximum absolute atomic E-state index is 12.2. The lowest BCUT2D eigenvalue weighted by Crippen LogP contribution is -2.41. The van der Waals surface area contributed by atoms with E-state index >= 15 is 0 Å². The molecule has 8 heteroatoms. The van der Waals surface area contributed by atoms with Crippen LogP contribution >= 0.6 is 0 Å². The van der Waals surface area contributed by atoms with Crippen molar-refractivity contribution < 1.29 is 18.9 Å². The zero-order valence-electron chi connectivity index (χ0n) is 13.1. The lowest BCUT2D eigenvalue weighted by atomic mass is 10.1. The van der Waals surface area contributed by atoms with Crippen LogP contribution < -0.4 is 10.9 Å². The van der Waals surface area contributed by atoms with Crippen LogP contribution in [0.25, 0.3) is 11.0 Å². The molecule has 1 heterocycles. The molecule has 1 aromatic heterocycles. The number of nitrogens with one attached hydrogen (secondary N) is 2. The number of hydrogen-bond acceptors (Lipinski definition) is 5. The van der Waals surface area contributed by atoms with Crippen molar-refractivity contribution in [3.05, 3.63) is 75.5 Å². The average molecular weight is 339 g/mol. The molecule has 0 spiro atoms. The van der Waals surface area contributed by atoms with Gasteiger partial charge in [-0.25, -0.2) is 0 Å². The van der Waals surface area contributed by atoms with Crippen LogP contribution in [0, 0.1) is 17.0 Å². The Bertz CT molecular complexity index is 993. The van der Waals surface area contributed by atoms with Crippen LogP contribution in [0.2, 0.25) is 0 Å². The molecule has 3 aromatic rings. The molecule has 0 saturated carbocycles. The summed E-state index contributed by atoms with van der Waals surface area (Å²) in [6.45, 7) is 1.73. The molecule has 0 aliphatic heterocycles. The summed E-state index contributed by atoms with van der Waals surface area (Å²) in [5, 5.41) is 11.7. The van der Waals surface area contributed by atoms with Gasteiger partial charge in [0.1, 0.15) is 11.1 Å². The number of para-hydroxylation sites is 2. The van der Waals surface area contributed by atoms with Gasteiger partial charge >= 0.3 is 5.91 Å². The molecule has 2 amide bonds. The highest BCUT2D eigenvalue weighted by Gasteiger charge is 2.21. The highest BCUT2D eigenvalue weighted by molar-refractivity contribution is 6.02. The summed E-state index contributed by atoms with van der Waals surface area (Å²) < 4.78 is 5.49. The number of hydrogen-bond donors (Lipinski definition) is 2. The standard InChI is InChI=1S/C17H13N3O5/c1-10-11-6-3-5-9-14(11)25-15(10)17(22)19-18-16(21)12-7-2-4-8-13(12)20(23)24/h2-9H,1H3,(H,18,21)(H,19,22). The molecule has 3 rings (SSSR count). The topological polar surface area (TPSA) is 114 Å². The van der Waals surface area contributed by atoms with Gasteiger partial charge < -0.3 is 4.42 Å². The Balaban J connectivity index is 1.77. The van der Waals surface area contributed by atoms with Crippen LogP contribution in [-0.2, 0) is 0 Å². The molecule has 0 saturated heterocycles. The van der Waals surface area contributed by atoms with E-state index in [9.17, 15) is 19.7 Å². The van der Waals surface area contributed by atoms with E-state index in [2.05, 4.69) is 10.9 Å². The van der Waals surface area contributed by atoms with Crippen molar-refractivity contribution in [2.45, 2.75) is 6.92 Å². The third-order valence-electron chi connectivity index (χ3n) is 3.68. The molecular weight excluding hydrogens is 326 g/mol. The zero-order chi connectivity index (χ0) is 18.0. The van der Waals surface area contributed by atoms with Crippen molar-refractivity contribution >= 4 is 28.5 Å². The first-order chi connectivity index (χ1) is 12.0. The molecule has 0 radical (unpaired) electrons. The van der Waals surface area contributed by atoms with E-state index in [-0.39, 0.29) is 17.0 Å². The van der Waals surface area contributed by atoms with Crippen LogP contribution in [0.3, 0.4) is 0 Å². The molecule has 0 aliphatic carbocycles. The first-order valence-corrected chi connectivity index (χ1v) is 7.31. The van der Waals surface area contributed by atoms with Crippen LogP contribution in [-0.4, -0.2) is 16.7 Å². The number of nitrogens with zero attached hydrogens (tertiary/aromatic N) is 1. The number of carbonyl (C=O) groups is 2. The molecular formula is C17H13N3O5. The van der Waals surface area contributed by atoms with Gasteiger partial charge in [0, 0.05) is 17.0 Å². The van der Waals surface area contributed by atoms with E-state index in [1.807, 2.05) is 12.1 Å². The number of benzene rings is 2. The number of nitro benzene ring substituents is 1. The van der Waals surface area contributed by atoms with Crippen LogP contribution in [0.15, 0.2) is 52.9 Å². The summed E-state index contributed by atoms with van der Waals surface area (Å²) in [6, 6.07) is 12.6. The number of carbonyl (C=O) groups excluding carboxylic acids is 2. The minimum absolute atomic E-state index is 0.0593. The largest absolute Gasteiger partial charge is 0.451 e. The lowest BCUT2D eigenvalue weighted by molar-refractivity contribution is -0.385. The summed E-state index contributed by atoms with van der Waals surface area (Å²) >= 11 is 0. The summed E-state index contributed by atoms with van der Waals surface area (Å²) in [6.07, 6.45) is 0. The van der Waals surface area contributed by atoms with E-state index in [4.69, 9.17) is 4.42 Å². The van der Waals surface area contributed by atoms with Gasteiger partial charge in [0.2, 0.25) is 0 Å². The molecule has 25 heavy (non-hydrogen) atoms. The first-order valence-electron chi connectivity index (χ1n) is 7.31. The summed E-state index contributed by atoms with van der Waals surface area (Å²) in [5.74, 6) is -1.39. The third kappa shape index (κ3) is 3.05. The van der Waals surface area contributed by atoms with E-state index < -0.39 is 16.7 Å². The van der Waals surface area contributed by atoms with Crippen molar-refractivity contribution in [3.63, 3.8) is 0 Å². The smallest absolute Gasteiger partial charge is 0.305 e. The van der Waals surface area contributed by atoms with Crippen molar-refractivity contribution in [2.24, 2.45) is 0 Å². The van der Waals surface area contributed by atoms with Gasteiger partial charge in [-0.15, -0.1) is 0 Å². The quantitative estimate of drug-likeness (QED) is 0.562. The zero-order valence-corrected chi connectivity index (χ0v) is 13.1. The summed E-state index contributed by atoms with van der Waals surface area (Å²) in [5.41, 5.74) is 5.04. The number of fused-ring (bicyclic) bond motifs is 1. The second-order valence-electron chi connectivity index (χ2n) is 5.23. The maximum atomic E-state index is 12.2. The van der Waals surface area contributed by atoms with Gasteiger partial charge in [0.25, 0.3) is 11.6 Å². The highest BCUT2D eigenvalue weighted by atomic mass is 16.6. The molecule has 8 nitrogen and oxygen atoms in total. The number of hydrazine groups is 1. The van der Waals surface area contributed by atoms with Crippen molar-refractivity contribution in [1.82, 2.24) is 10.9 Å². The fraction of sp³-hybridized carbons (Fsp3) is 0.0588. The Morgan fingerprint density at radius 1 is 1.00 bits per heavy atom. The second kappa shape index (κ2) is 6.44. The molecule has 0 bridgehead atoms. The van der Waals surface area contributed by atoms with Gasteiger partial charge in [-0.1, -0.05) is 30.3 Å². The fourth-order valence-electron chi connectivity index (χ4n) is 2.45. The Morgan fingerprint density at radius 3 is 2.36 bits per heavy atom. The monoisotopic (exact) mass is 339 g/mol. The average Bonchev–Trinajstić information content (AvgIpc) is 2.96. The molecule has 2 N–H and O–H groups in total. The Hall–Kier alpha value is -3.68. The molecule has 0 unspecified atom stereocenters. The van der Waals surface area contributed by atoms with Gasteiger partial charge in [-0.2, -0.15) is 0 Å². The fourth-order valence-corrected chi connectivity index (χ4v) is 2.45. The van der Waals surface area contributed by atoms with Crippen molar-refractivity contribution in [1.29, 1.82) is 0 Å². The van der Waals surface area contributed by atoms with Crippen molar-refractivity contribution in [3.8, 4) is 0 Å². The van der Waals surface area contributed by atoms with Crippen molar-refractivity contribution in [2.75, 3.05) is 0 Å². The van der Waals surface area contributed by atoms with Gasteiger partial charge in [0.15, 0.2) is 5.76 Å². The number of amides is 2. The molecule has 0 aliphatic rings. The predicted molar refractivity (Wildman–Crippen MR) is 89.0 cm³/mol. The SMILES string of the molecule is Cc1c(C(=O)NNC(=O)c2ccccc2[N+](=O)[O-])oc2ccccc12. The maximum Gasteiger partial charge on any atom is 0.305 e. The second-order valence-corrected chi connectivity index (χ2v) is 5.23. The number of rotatable bonds is 3. The molecule has 126 valence electrons. The van der Waals surface area contributed by atoms with Crippen LogP contribution in [0.1, 0.15) is 26.5 Å². The Morgan fingerprint density at radius 2 is 1.64 bits per heavy atom. The van der Waals surface area contributed by atoms with Crippen LogP contribution in [0.4, 0.5) is 5.69 Å². The summed E-state index contributed by atoms with van der Waals surface area (Å²) in [7, 11) is 0. The van der Waals surface area contributed by atoms with Gasteiger partial charge in [-0.05, 0) is 19.1 Å². The molecule has 2 aromatic carbocycles. The molecule has 0 fully saturated rings. The van der Waals surface area contributed by atoms with E-state index in [0.717, 1.165) is 5.39 Å². The number of aryl methyl sites for hydroxylation is 1. The van der Waals surface area contributed by atoms with E-state index in [1.54, 1.807) is 19.1 Å². The van der Waals surface area contributed by atoms with E-state index in [0.29, 0.717) is 11.1 Å². The molecule has 0 atom stereocenters. The Kier molecular flexibility index (Phi) is 4.17. The van der Waals surface area contributed by atoms with E-state index in [1.165, 1.54) is 24.3 Å². The minimum Gasteiger partial charge on any atom is -0.451 e. The normalized spacial score (nSPS) is 10.4. The minimum atomic E-state index is -0.797. The van der Waals surface area contributed by atoms with Gasteiger partial charge in [0.05, 0.1) is 4.92 Å². The highest BCUT2D eigenvalue weighted by Crippen LogP contribution is 2.24. The Labute approximate surface area is 141 Å². The summed E-state index contributed by atoms with van der Waals surface area (Å²) in [4.78, 5) is 34.6. The first kappa shape index (κ1) is 16.2. The van der Waals surface area contributed by atoms with Gasteiger partial charge in [-0.3, -0.25) is 30.6 Å².